The predicted molar refractivity (Wildman–Crippen MR) is 158 cm³/mol. The summed E-state index contributed by atoms with van der Waals surface area (Å²) in [6.45, 7) is 1.71. The molecule has 0 amide bonds. The third kappa shape index (κ3) is 18.7. The summed E-state index contributed by atoms with van der Waals surface area (Å²) < 4.78 is 19.5. The minimum atomic E-state index is -1.09. The Morgan fingerprint density at radius 1 is 0.721 bits per heavy atom. The number of terminal acetylenes is 1. The van der Waals surface area contributed by atoms with Gasteiger partial charge in [0.15, 0.2) is 0 Å². The van der Waals surface area contributed by atoms with Gasteiger partial charge in [-0.05, 0) is 55.6 Å². The van der Waals surface area contributed by atoms with E-state index in [0.717, 1.165) is 0 Å². The zero-order valence-corrected chi connectivity index (χ0v) is 23.8. The molecule has 240 valence electrons. The monoisotopic (exact) mass is 609 g/mol. The molecule has 0 saturated carbocycles. The van der Waals surface area contributed by atoms with E-state index in [-0.39, 0.29) is 49.9 Å². The van der Waals surface area contributed by atoms with E-state index < -0.39 is 44.0 Å². The molecule has 0 aromatic heterocycles. The molecule has 0 bridgehead atoms. The fraction of sp³-hybridized carbons (Fsp3) is 0.400. The van der Waals surface area contributed by atoms with Crippen LogP contribution in [0.3, 0.4) is 0 Å². The molecule has 0 aliphatic heterocycles. The number of rotatable bonds is 12. The molecule has 0 saturated heterocycles. The van der Waals surface area contributed by atoms with E-state index >= 15 is 0 Å². The second kappa shape index (κ2) is 26.6. The summed E-state index contributed by atoms with van der Waals surface area (Å²) in [5.41, 5.74) is 5.00. The van der Waals surface area contributed by atoms with Crippen LogP contribution >= 0.6 is 0 Å². The molecule has 13 nitrogen and oxygen atoms in total. The number of ether oxygens (including phenoxy) is 4. The van der Waals surface area contributed by atoms with Crippen LogP contribution in [-0.4, -0.2) is 90.0 Å². The van der Waals surface area contributed by atoms with Gasteiger partial charge in [-0.25, -0.2) is 9.59 Å². The maximum atomic E-state index is 11.6. The second-order valence-corrected chi connectivity index (χ2v) is 7.53. The first-order valence-corrected chi connectivity index (χ1v) is 12.6. The predicted octanol–water partition coefficient (Wildman–Crippen LogP) is 1.48. The normalized spacial score (nSPS) is 9.93. The van der Waals surface area contributed by atoms with Crippen LogP contribution in [0, 0.1) is 12.8 Å². The van der Waals surface area contributed by atoms with Gasteiger partial charge in [0.1, 0.15) is 30.3 Å². The number of hydrogen-bond donors (Lipinski definition) is 5. The average Bonchev–Trinajstić information content (AvgIpc) is 3.04. The molecule has 0 fully saturated rings. The molecule has 0 heterocycles. The lowest BCUT2D eigenvalue weighted by Gasteiger charge is -2.12. The van der Waals surface area contributed by atoms with Crippen molar-refractivity contribution in [2.24, 2.45) is 5.73 Å². The summed E-state index contributed by atoms with van der Waals surface area (Å²) in [5.74, 6) is -1.33. The van der Waals surface area contributed by atoms with Crippen molar-refractivity contribution >= 4 is 23.9 Å². The lowest BCUT2D eigenvalue weighted by atomic mass is 10.2. The summed E-state index contributed by atoms with van der Waals surface area (Å²) in [7, 11) is 1.50. The smallest absolute Gasteiger partial charge is 0.338 e. The maximum absolute atomic E-state index is 11.6. The van der Waals surface area contributed by atoms with Crippen molar-refractivity contribution in [3.63, 3.8) is 0 Å². The molecule has 2 rings (SSSR count). The average molecular weight is 610 g/mol. The first-order valence-electron chi connectivity index (χ1n) is 12.6. The Morgan fingerprint density at radius 3 is 1.42 bits per heavy atom. The Bertz CT molecular complexity index is 1060. The van der Waals surface area contributed by atoms with Crippen LogP contribution in [0.5, 0.6) is 11.5 Å². The standard InChI is InChI=1S/2C13H16O6.C2H2.CH5N.CH4/c1-2-12(16)19-11-5-3-9(4-6-11)13(17)18-8-10(15)7-14;1-2-12(16)18-10-5-3-9(4-6-10)13(17)19-11(7-14)8-15;2*1-2;/h3-6,10,14-15H,2,7-8H2,1H3;3-6,11,14-15H,2,7-8H2,1H3;1-2H;2H2,1H3;1H4. The van der Waals surface area contributed by atoms with Gasteiger partial charge in [0.05, 0.1) is 30.9 Å². The van der Waals surface area contributed by atoms with Crippen molar-refractivity contribution < 1.29 is 58.6 Å². The SMILES string of the molecule is C.C#C.CCC(=O)Oc1ccc(C(=O)OC(CO)CO)cc1.CCC(=O)Oc1ccc(C(=O)OCC(O)CO)cc1.CN. The van der Waals surface area contributed by atoms with Crippen LogP contribution in [0.4, 0.5) is 0 Å². The minimum Gasteiger partial charge on any atom is -0.459 e. The van der Waals surface area contributed by atoms with Crippen molar-refractivity contribution in [3.8, 4) is 24.3 Å². The van der Waals surface area contributed by atoms with Gasteiger partial charge in [-0.3, -0.25) is 9.59 Å². The van der Waals surface area contributed by atoms with Gasteiger partial charge in [-0.1, -0.05) is 21.3 Å². The van der Waals surface area contributed by atoms with Gasteiger partial charge in [0, 0.05) is 12.8 Å². The zero-order valence-electron chi connectivity index (χ0n) is 23.8. The summed E-state index contributed by atoms with van der Waals surface area (Å²) in [5, 5.41) is 35.2. The third-order valence-corrected chi connectivity index (χ3v) is 4.52. The van der Waals surface area contributed by atoms with Gasteiger partial charge >= 0.3 is 23.9 Å². The van der Waals surface area contributed by atoms with Crippen LogP contribution in [0.2, 0.25) is 0 Å². The van der Waals surface area contributed by atoms with Gasteiger partial charge in [0.2, 0.25) is 0 Å². The Balaban J connectivity index is -0.000000653. The summed E-state index contributed by atoms with van der Waals surface area (Å²) in [4.78, 5) is 45.2. The van der Waals surface area contributed by atoms with Crippen LogP contribution in [-0.2, 0) is 19.1 Å². The highest BCUT2D eigenvalue weighted by Gasteiger charge is 2.15. The summed E-state index contributed by atoms with van der Waals surface area (Å²) in [6, 6.07) is 11.7. The fourth-order valence-electron chi connectivity index (χ4n) is 2.38. The largest absolute Gasteiger partial charge is 0.459 e. The molecular formula is C30H43NO12. The molecule has 43 heavy (non-hydrogen) atoms. The van der Waals surface area contributed by atoms with E-state index in [0.29, 0.717) is 11.5 Å². The molecule has 0 spiro atoms. The first kappa shape index (κ1) is 43.1. The van der Waals surface area contributed by atoms with Crippen LogP contribution in [0.25, 0.3) is 0 Å². The van der Waals surface area contributed by atoms with Gasteiger partial charge in [0.25, 0.3) is 0 Å². The Labute approximate surface area is 252 Å². The van der Waals surface area contributed by atoms with E-state index in [1.807, 2.05) is 0 Å². The number of nitrogens with two attached hydrogens (primary N) is 1. The molecule has 1 unspecified atom stereocenters. The number of esters is 4. The second-order valence-electron chi connectivity index (χ2n) is 7.53. The number of hydrogen-bond acceptors (Lipinski definition) is 13. The quantitative estimate of drug-likeness (QED) is 0.131. The molecule has 6 N–H and O–H groups in total. The van der Waals surface area contributed by atoms with Gasteiger partial charge in [-0.15, -0.1) is 12.8 Å². The van der Waals surface area contributed by atoms with Crippen LogP contribution in [0.1, 0.15) is 54.8 Å². The van der Waals surface area contributed by atoms with Crippen LogP contribution < -0.4 is 15.2 Å². The number of aliphatic hydroxyl groups is 4. The van der Waals surface area contributed by atoms with E-state index in [1.54, 1.807) is 13.8 Å². The number of aliphatic hydroxyl groups excluding tert-OH is 4. The van der Waals surface area contributed by atoms with Gasteiger partial charge < -0.3 is 45.1 Å². The van der Waals surface area contributed by atoms with Crippen molar-refractivity contribution in [3.05, 3.63) is 59.7 Å². The van der Waals surface area contributed by atoms with E-state index in [9.17, 15) is 19.2 Å². The fourth-order valence-corrected chi connectivity index (χ4v) is 2.38. The molecule has 2 aromatic carbocycles. The number of carbonyl (C=O) groups excluding carboxylic acids is 4. The van der Waals surface area contributed by atoms with Crippen molar-refractivity contribution in [2.45, 2.75) is 46.3 Å². The highest BCUT2D eigenvalue weighted by Crippen LogP contribution is 2.15. The number of benzene rings is 2. The highest BCUT2D eigenvalue weighted by molar-refractivity contribution is 5.90. The minimum absolute atomic E-state index is 0. The van der Waals surface area contributed by atoms with Gasteiger partial charge in [-0.2, -0.15) is 0 Å². The maximum Gasteiger partial charge on any atom is 0.338 e. The highest BCUT2D eigenvalue weighted by atomic mass is 16.6. The summed E-state index contributed by atoms with van der Waals surface area (Å²) >= 11 is 0. The Kier molecular flexibility index (Phi) is 26.7. The van der Waals surface area contributed by atoms with E-state index in [4.69, 9.17) is 39.4 Å². The van der Waals surface area contributed by atoms with E-state index in [1.165, 1.54) is 55.6 Å². The third-order valence-electron chi connectivity index (χ3n) is 4.52. The number of carbonyl (C=O) groups is 4. The molecule has 0 aliphatic carbocycles. The van der Waals surface area contributed by atoms with Crippen molar-refractivity contribution in [2.75, 3.05) is 33.5 Å². The molecule has 1 atom stereocenters. The van der Waals surface area contributed by atoms with Crippen LogP contribution in [0.15, 0.2) is 48.5 Å². The summed E-state index contributed by atoms with van der Waals surface area (Å²) in [6.07, 6.45) is 6.50. The Hall–Kier alpha value is -4.32. The molecular weight excluding hydrogens is 566 g/mol. The van der Waals surface area contributed by atoms with Crippen molar-refractivity contribution in [1.82, 2.24) is 0 Å². The van der Waals surface area contributed by atoms with Crippen molar-refractivity contribution in [1.29, 1.82) is 0 Å². The van der Waals surface area contributed by atoms with E-state index in [2.05, 4.69) is 18.6 Å². The topological polar surface area (TPSA) is 212 Å². The Morgan fingerprint density at radius 2 is 1.09 bits per heavy atom. The lowest BCUT2D eigenvalue weighted by Crippen LogP contribution is -2.25. The first-order chi connectivity index (χ1) is 20.2. The molecule has 0 radical (unpaired) electrons. The zero-order chi connectivity index (χ0) is 32.5. The lowest BCUT2D eigenvalue weighted by molar-refractivity contribution is -0.134. The molecule has 13 heteroatoms. The molecule has 0 aliphatic rings. The molecule has 2 aromatic rings.